The molecule has 0 saturated heterocycles. The van der Waals surface area contributed by atoms with Gasteiger partial charge >= 0.3 is 0 Å². The van der Waals surface area contributed by atoms with Gasteiger partial charge in [0.15, 0.2) is 0 Å². The van der Waals surface area contributed by atoms with Crippen molar-refractivity contribution in [1.82, 2.24) is 9.97 Å². The van der Waals surface area contributed by atoms with Crippen molar-refractivity contribution in [3.05, 3.63) is 114 Å². The number of benzene rings is 4. The number of hydrogen-bond acceptors (Lipinski definition) is 3. The highest BCUT2D eigenvalue weighted by Gasteiger charge is 2.16. The smallest absolute Gasteiger partial charge is 0.0975 e. The number of fused-ring (bicyclic) bond motifs is 4. The third-order valence-electron chi connectivity index (χ3n) is 7.13. The molecule has 0 aliphatic heterocycles. The van der Waals surface area contributed by atoms with Gasteiger partial charge in [-0.25, -0.2) is 4.98 Å². The summed E-state index contributed by atoms with van der Waals surface area (Å²) < 4.78 is 2.63. The number of nitrogens with zero attached hydrogens (tertiary/aromatic N) is 2. The quantitative estimate of drug-likeness (QED) is 0.197. The molecule has 0 N–H and O–H groups in total. The Bertz CT molecular complexity index is 1920. The van der Waals surface area contributed by atoms with E-state index in [0.29, 0.717) is 0 Å². The molecular weight excluding hydrogens is 553 g/mol. The molecule has 226 valence electrons. The monoisotopic (exact) mass is 598 g/mol. The van der Waals surface area contributed by atoms with Gasteiger partial charge in [-0.2, -0.15) is 0 Å². The van der Waals surface area contributed by atoms with Crippen LogP contribution in [-0.2, 0) is 0 Å². The topological polar surface area (TPSA) is 25.8 Å². The van der Waals surface area contributed by atoms with Gasteiger partial charge in [-0.15, -0.1) is 11.3 Å². The molecule has 0 fully saturated rings. The number of allylic oxidation sites excluding steroid dienone is 2. The fourth-order valence-electron chi connectivity index (χ4n) is 5.35. The molecule has 0 bridgehead atoms. The zero-order chi connectivity index (χ0) is 32.2. The highest BCUT2D eigenvalue weighted by Crippen LogP contribution is 2.40. The van der Waals surface area contributed by atoms with Crippen LogP contribution in [-0.4, -0.2) is 9.97 Å². The molecule has 2 aromatic heterocycles. The molecule has 0 unspecified atom stereocenters. The van der Waals surface area contributed by atoms with Crippen molar-refractivity contribution in [3.63, 3.8) is 0 Å². The Morgan fingerprint density at radius 1 is 0.682 bits per heavy atom. The largest absolute Gasteiger partial charge is 0.252 e. The summed E-state index contributed by atoms with van der Waals surface area (Å²) in [5.41, 5.74) is 10.6. The summed E-state index contributed by atoms with van der Waals surface area (Å²) in [4.78, 5) is 10.2. The summed E-state index contributed by atoms with van der Waals surface area (Å²) in [6.07, 6.45) is 12.2. The minimum atomic E-state index is 0.866. The first kappa shape index (κ1) is 34.2. The molecule has 0 saturated carbocycles. The van der Waals surface area contributed by atoms with Gasteiger partial charge in [-0.3, -0.25) is 4.98 Å². The number of rotatable bonds is 5. The molecule has 2 nitrogen and oxygen atoms in total. The molecule has 0 radical (unpaired) electrons. The lowest BCUT2D eigenvalue weighted by atomic mass is 9.93. The number of thiophene rings is 1. The van der Waals surface area contributed by atoms with Crippen molar-refractivity contribution >= 4 is 60.8 Å². The van der Waals surface area contributed by atoms with Crippen LogP contribution in [0.4, 0.5) is 0 Å². The molecule has 4 aromatic carbocycles. The second-order valence-electron chi connectivity index (χ2n) is 9.38. The zero-order valence-corrected chi connectivity index (χ0v) is 28.6. The van der Waals surface area contributed by atoms with Crippen LogP contribution in [0.25, 0.3) is 71.8 Å². The van der Waals surface area contributed by atoms with E-state index >= 15 is 0 Å². The van der Waals surface area contributed by atoms with Crippen molar-refractivity contribution in [2.75, 3.05) is 0 Å². The van der Waals surface area contributed by atoms with E-state index in [1.54, 1.807) is 0 Å². The van der Waals surface area contributed by atoms with Crippen molar-refractivity contribution in [2.45, 2.75) is 62.3 Å². The highest BCUT2D eigenvalue weighted by atomic mass is 32.1. The van der Waals surface area contributed by atoms with Gasteiger partial charge in [0.05, 0.1) is 22.9 Å². The molecule has 0 aliphatic rings. The van der Waals surface area contributed by atoms with E-state index in [9.17, 15) is 0 Å². The standard InChI is InChI=1S/C35H28N2S.3C2H6/c1-5-12-26-22(4)25(7-3)29(13-6-2)33-34(26)37-31(21-36-33)24-15-10-14-23(20-24)27-17-11-18-30-28-16-8-9-19-32(28)38-35(27)30;3*1-2/h5-21H,3H2,1-2,4H3;3*1-2H3/b12-5-,13-6-;;;. The van der Waals surface area contributed by atoms with Gasteiger partial charge in [-0.1, -0.05) is 133 Å². The number of aromatic nitrogens is 2. The summed E-state index contributed by atoms with van der Waals surface area (Å²) in [5, 5.41) is 2.62. The zero-order valence-electron chi connectivity index (χ0n) is 27.8. The molecule has 3 heteroatoms. The molecule has 6 rings (SSSR count). The van der Waals surface area contributed by atoms with Crippen LogP contribution in [0, 0.1) is 6.92 Å². The van der Waals surface area contributed by atoms with Crippen LogP contribution >= 0.6 is 11.3 Å². The molecule has 6 aromatic rings. The van der Waals surface area contributed by atoms with Crippen LogP contribution in [0.15, 0.2) is 91.7 Å². The fraction of sp³-hybridized carbons (Fsp3) is 0.220. The Kier molecular flexibility index (Phi) is 12.8. The molecule has 2 heterocycles. The van der Waals surface area contributed by atoms with Gasteiger partial charge in [0.2, 0.25) is 0 Å². The maximum Gasteiger partial charge on any atom is 0.0975 e. The average molecular weight is 599 g/mol. The molecule has 0 atom stereocenters. The van der Waals surface area contributed by atoms with E-state index in [1.807, 2.05) is 85.1 Å². The average Bonchev–Trinajstić information content (AvgIpc) is 3.48. The Labute approximate surface area is 268 Å². The second kappa shape index (κ2) is 16.5. The van der Waals surface area contributed by atoms with Crippen molar-refractivity contribution < 1.29 is 0 Å². The van der Waals surface area contributed by atoms with Crippen LogP contribution in [0.2, 0.25) is 0 Å². The third kappa shape index (κ3) is 6.59. The predicted molar refractivity (Wildman–Crippen MR) is 202 cm³/mol. The molecular formula is C41H46N2S. The van der Waals surface area contributed by atoms with E-state index in [1.165, 1.54) is 31.3 Å². The maximum atomic E-state index is 5.20. The first-order chi connectivity index (χ1) is 21.6. The first-order valence-electron chi connectivity index (χ1n) is 15.9. The molecule has 44 heavy (non-hydrogen) atoms. The van der Waals surface area contributed by atoms with Crippen LogP contribution in [0.3, 0.4) is 0 Å². The normalized spacial score (nSPS) is 10.8. The Morgan fingerprint density at radius 3 is 2.02 bits per heavy atom. The van der Waals surface area contributed by atoms with Gasteiger partial charge in [0, 0.05) is 36.9 Å². The Balaban J connectivity index is 0.000000832. The number of hydrogen-bond donors (Lipinski definition) is 0. The van der Waals surface area contributed by atoms with Crippen LogP contribution in [0.1, 0.15) is 77.6 Å². The molecule has 0 amide bonds. The second-order valence-corrected chi connectivity index (χ2v) is 10.4. The summed E-state index contributed by atoms with van der Waals surface area (Å²) in [7, 11) is 0. The minimum Gasteiger partial charge on any atom is -0.252 e. The van der Waals surface area contributed by atoms with Crippen molar-refractivity contribution in [1.29, 1.82) is 0 Å². The van der Waals surface area contributed by atoms with E-state index in [0.717, 1.165) is 44.5 Å². The van der Waals surface area contributed by atoms with Gasteiger partial charge in [0.25, 0.3) is 0 Å². The van der Waals surface area contributed by atoms with Crippen LogP contribution < -0.4 is 0 Å². The lowest BCUT2D eigenvalue weighted by Gasteiger charge is -2.15. The molecule has 0 aliphatic carbocycles. The van der Waals surface area contributed by atoms with Crippen molar-refractivity contribution in [2.24, 2.45) is 0 Å². The van der Waals surface area contributed by atoms with E-state index in [4.69, 9.17) is 9.97 Å². The lowest BCUT2D eigenvalue weighted by molar-refractivity contribution is 1.27. The summed E-state index contributed by atoms with van der Waals surface area (Å²) in [6.45, 7) is 22.3. The fourth-order valence-corrected chi connectivity index (χ4v) is 6.59. The lowest BCUT2D eigenvalue weighted by Crippen LogP contribution is -1.99. The van der Waals surface area contributed by atoms with Gasteiger partial charge in [-0.05, 0) is 55.2 Å². The van der Waals surface area contributed by atoms with E-state index in [2.05, 4.69) is 98.5 Å². The summed E-state index contributed by atoms with van der Waals surface area (Å²) >= 11 is 1.86. The van der Waals surface area contributed by atoms with E-state index < -0.39 is 0 Å². The molecule has 0 spiro atoms. The Hall–Kier alpha value is -4.34. The Morgan fingerprint density at radius 2 is 1.32 bits per heavy atom. The summed E-state index contributed by atoms with van der Waals surface area (Å²) in [5.74, 6) is 0. The van der Waals surface area contributed by atoms with Gasteiger partial charge < -0.3 is 0 Å². The van der Waals surface area contributed by atoms with Gasteiger partial charge in [0.1, 0.15) is 0 Å². The summed E-state index contributed by atoms with van der Waals surface area (Å²) in [6, 6.07) is 23.9. The third-order valence-corrected chi connectivity index (χ3v) is 8.35. The van der Waals surface area contributed by atoms with E-state index in [-0.39, 0.29) is 0 Å². The van der Waals surface area contributed by atoms with Crippen LogP contribution in [0.5, 0.6) is 0 Å². The predicted octanol–water partition coefficient (Wildman–Crippen LogP) is 13.4. The minimum absolute atomic E-state index is 0.866. The maximum absolute atomic E-state index is 5.20. The SMILES string of the molecule is C=Cc1c(C)c(/C=C\C)c2nc(-c3cccc(-c4cccc5c4sc4ccccc45)c3)cnc2c1/C=C\C.CC.CC.CC. The highest BCUT2D eigenvalue weighted by molar-refractivity contribution is 7.26. The van der Waals surface area contributed by atoms with Crippen molar-refractivity contribution in [3.8, 4) is 22.4 Å². The first-order valence-corrected chi connectivity index (χ1v) is 16.7.